The molecule has 82 valence electrons. The number of aromatic nitrogens is 1. The lowest BCUT2D eigenvalue weighted by Gasteiger charge is -2.22. The van der Waals surface area contributed by atoms with Gasteiger partial charge in [-0.15, -0.1) is 0 Å². The predicted octanol–water partition coefficient (Wildman–Crippen LogP) is 1.89. The van der Waals surface area contributed by atoms with E-state index in [2.05, 4.69) is 4.98 Å². The maximum Gasteiger partial charge on any atom is 0.308 e. The van der Waals surface area contributed by atoms with Crippen LogP contribution in [0, 0.1) is 5.92 Å². The molecular formula is C10H13ClN2O2. The molecule has 4 nitrogen and oxygen atoms in total. The molecule has 0 amide bonds. The van der Waals surface area contributed by atoms with E-state index in [4.69, 9.17) is 16.7 Å². The van der Waals surface area contributed by atoms with Gasteiger partial charge in [0.1, 0.15) is 0 Å². The van der Waals surface area contributed by atoms with Crippen molar-refractivity contribution in [3.05, 3.63) is 23.5 Å². The SMILES string of the molecule is CC(CN(C)c1ccncc1Cl)C(=O)O. The third-order valence-electron chi connectivity index (χ3n) is 2.13. The van der Waals surface area contributed by atoms with Crippen LogP contribution < -0.4 is 4.90 Å². The number of aliphatic carboxylic acids is 1. The molecule has 1 rings (SSSR count). The van der Waals surface area contributed by atoms with Gasteiger partial charge < -0.3 is 10.0 Å². The summed E-state index contributed by atoms with van der Waals surface area (Å²) < 4.78 is 0. The zero-order valence-electron chi connectivity index (χ0n) is 8.64. The molecule has 1 aromatic rings. The molecule has 0 radical (unpaired) electrons. The zero-order valence-corrected chi connectivity index (χ0v) is 9.40. The average molecular weight is 229 g/mol. The van der Waals surface area contributed by atoms with Crippen LogP contribution in [-0.2, 0) is 4.79 Å². The Morgan fingerprint density at radius 3 is 2.93 bits per heavy atom. The predicted molar refractivity (Wildman–Crippen MR) is 59.3 cm³/mol. The Morgan fingerprint density at radius 2 is 2.40 bits per heavy atom. The minimum absolute atomic E-state index is 0.416. The molecule has 0 saturated heterocycles. The molecule has 1 heterocycles. The van der Waals surface area contributed by atoms with E-state index in [0.717, 1.165) is 5.69 Å². The quantitative estimate of drug-likeness (QED) is 0.855. The topological polar surface area (TPSA) is 53.4 Å². The Hall–Kier alpha value is -1.29. The summed E-state index contributed by atoms with van der Waals surface area (Å²) in [6.07, 6.45) is 3.17. The summed E-state index contributed by atoms with van der Waals surface area (Å²) in [5.74, 6) is -1.24. The van der Waals surface area contributed by atoms with Gasteiger partial charge in [0.2, 0.25) is 0 Å². The molecule has 0 aliphatic carbocycles. The molecule has 15 heavy (non-hydrogen) atoms. The Morgan fingerprint density at radius 1 is 1.73 bits per heavy atom. The number of nitrogens with zero attached hydrogens (tertiary/aromatic N) is 2. The largest absolute Gasteiger partial charge is 0.481 e. The standard InChI is InChI=1S/C10H13ClN2O2/c1-7(10(14)15)6-13(2)9-3-4-12-5-8(9)11/h3-5,7H,6H2,1-2H3,(H,14,15). The number of pyridine rings is 1. The number of carbonyl (C=O) groups is 1. The van der Waals surface area contributed by atoms with Crippen LogP contribution in [0.15, 0.2) is 18.5 Å². The monoisotopic (exact) mass is 228 g/mol. The van der Waals surface area contributed by atoms with Crippen molar-refractivity contribution in [2.75, 3.05) is 18.5 Å². The number of carboxylic acid groups (broad SMARTS) is 1. The highest BCUT2D eigenvalue weighted by molar-refractivity contribution is 6.33. The first-order valence-electron chi connectivity index (χ1n) is 4.56. The minimum atomic E-state index is -0.813. The van der Waals surface area contributed by atoms with E-state index in [1.165, 1.54) is 0 Å². The van der Waals surface area contributed by atoms with Crippen LogP contribution in [0.4, 0.5) is 5.69 Å². The van der Waals surface area contributed by atoms with E-state index in [-0.39, 0.29) is 0 Å². The lowest BCUT2D eigenvalue weighted by Crippen LogP contribution is -2.28. The van der Waals surface area contributed by atoms with Gasteiger partial charge in [-0.2, -0.15) is 0 Å². The van der Waals surface area contributed by atoms with E-state index in [0.29, 0.717) is 11.6 Å². The van der Waals surface area contributed by atoms with Crippen molar-refractivity contribution < 1.29 is 9.90 Å². The second-order valence-electron chi connectivity index (χ2n) is 3.45. The third-order valence-corrected chi connectivity index (χ3v) is 2.42. The number of hydrogen-bond acceptors (Lipinski definition) is 3. The molecule has 0 aromatic carbocycles. The Kier molecular flexibility index (Phi) is 3.91. The first kappa shape index (κ1) is 11.8. The molecule has 1 atom stereocenters. The van der Waals surface area contributed by atoms with E-state index in [9.17, 15) is 4.79 Å². The first-order chi connectivity index (χ1) is 7.02. The van der Waals surface area contributed by atoms with Crippen LogP contribution in [0.25, 0.3) is 0 Å². The number of rotatable bonds is 4. The van der Waals surface area contributed by atoms with Crippen molar-refractivity contribution in [1.29, 1.82) is 0 Å². The third kappa shape index (κ3) is 3.09. The van der Waals surface area contributed by atoms with Crippen molar-refractivity contribution >= 4 is 23.3 Å². The summed E-state index contributed by atoms with van der Waals surface area (Å²) in [4.78, 5) is 16.4. The van der Waals surface area contributed by atoms with Gasteiger partial charge in [-0.1, -0.05) is 18.5 Å². The maximum atomic E-state index is 10.7. The fourth-order valence-electron chi connectivity index (χ4n) is 1.26. The minimum Gasteiger partial charge on any atom is -0.481 e. The van der Waals surface area contributed by atoms with Gasteiger partial charge in [-0.25, -0.2) is 0 Å². The highest BCUT2D eigenvalue weighted by Gasteiger charge is 2.15. The Labute approximate surface area is 93.5 Å². The summed E-state index contributed by atoms with van der Waals surface area (Å²) in [6, 6.07) is 1.76. The van der Waals surface area contributed by atoms with Gasteiger partial charge in [0.15, 0.2) is 0 Å². The van der Waals surface area contributed by atoms with Gasteiger partial charge in [0, 0.05) is 26.0 Å². The van der Waals surface area contributed by atoms with Gasteiger partial charge in [0.05, 0.1) is 16.6 Å². The lowest BCUT2D eigenvalue weighted by atomic mass is 10.1. The van der Waals surface area contributed by atoms with Crippen LogP contribution in [-0.4, -0.2) is 29.7 Å². The van der Waals surface area contributed by atoms with Crippen molar-refractivity contribution in [3.8, 4) is 0 Å². The molecule has 0 aliphatic heterocycles. The summed E-state index contributed by atoms with van der Waals surface area (Å²) in [7, 11) is 1.81. The summed E-state index contributed by atoms with van der Waals surface area (Å²) in [6.45, 7) is 2.08. The number of anilines is 1. The summed E-state index contributed by atoms with van der Waals surface area (Å²) >= 11 is 5.93. The van der Waals surface area contributed by atoms with E-state index < -0.39 is 11.9 Å². The Bertz CT molecular complexity index is 357. The molecule has 5 heteroatoms. The fourth-order valence-corrected chi connectivity index (χ4v) is 1.53. The van der Waals surface area contributed by atoms with Crippen LogP contribution in [0.1, 0.15) is 6.92 Å². The van der Waals surface area contributed by atoms with Crippen LogP contribution >= 0.6 is 11.6 Å². The molecule has 0 bridgehead atoms. The van der Waals surface area contributed by atoms with Gasteiger partial charge in [-0.3, -0.25) is 9.78 Å². The van der Waals surface area contributed by atoms with Crippen LogP contribution in [0.2, 0.25) is 5.02 Å². The van der Waals surface area contributed by atoms with Crippen molar-refractivity contribution in [2.45, 2.75) is 6.92 Å². The molecule has 1 unspecified atom stereocenters. The van der Waals surface area contributed by atoms with Gasteiger partial charge >= 0.3 is 5.97 Å². The molecule has 0 saturated carbocycles. The molecule has 0 fully saturated rings. The normalized spacial score (nSPS) is 12.2. The number of hydrogen-bond donors (Lipinski definition) is 1. The van der Waals surface area contributed by atoms with Gasteiger partial charge in [0.25, 0.3) is 0 Å². The lowest BCUT2D eigenvalue weighted by molar-refractivity contribution is -0.140. The molecule has 0 aliphatic rings. The zero-order chi connectivity index (χ0) is 11.4. The van der Waals surface area contributed by atoms with Crippen molar-refractivity contribution in [1.82, 2.24) is 4.98 Å². The Balaban J connectivity index is 2.73. The fraction of sp³-hybridized carbons (Fsp3) is 0.400. The van der Waals surface area contributed by atoms with E-state index >= 15 is 0 Å². The second kappa shape index (κ2) is 4.98. The maximum absolute atomic E-state index is 10.7. The van der Waals surface area contributed by atoms with Crippen LogP contribution in [0.3, 0.4) is 0 Å². The summed E-state index contributed by atoms with van der Waals surface area (Å²) in [5, 5.41) is 9.30. The molecule has 1 aromatic heterocycles. The van der Waals surface area contributed by atoms with E-state index in [1.807, 2.05) is 4.90 Å². The van der Waals surface area contributed by atoms with Crippen molar-refractivity contribution in [2.24, 2.45) is 5.92 Å². The highest BCUT2D eigenvalue weighted by Crippen LogP contribution is 2.23. The number of carboxylic acids is 1. The summed E-state index contributed by atoms with van der Waals surface area (Å²) in [5.41, 5.74) is 0.791. The van der Waals surface area contributed by atoms with Crippen LogP contribution in [0.5, 0.6) is 0 Å². The molecule has 1 N–H and O–H groups in total. The highest BCUT2D eigenvalue weighted by atomic mass is 35.5. The second-order valence-corrected chi connectivity index (χ2v) is 3.85. The van der Waals surface area contributed by atoms with Gasteiger partial charge in [-0.05, 0) is 6.07 Å². The average Bonchev–Trinajstić information content (AvgIpc) is 2.18. The smallest absolute Gasteiger partial charge is 0.308 e. The molecule has 0 spiro atoms. The molecular weight excluding hydrogens is 216 g/mol. The van der Waals surface area contributed by atoms with Crippen molar-refractivity contribution in [3.63, 3.8) is 0 Å². The van der Waals surface area contributed by atoms with E-state index in [1.54, 1.807) is 32.4 Å². The first-order valence-corrected chi connectivity index (χ1v) is 4.93. The number of halogens is 1.